The molecule has 0 aliphatic carbocycles. The third kappa shape index (κ3) is 2.06. The van der Waals surface area contributed by atoms with Crippen molar-refractivity contribution in [1.82, 2.24) is 15.1 Å². The molecular weight excluding hydrogens is 222 g/mol. The van der Waals surface area contributed by atoms with E-state index < -0.39 is 0 Å². The summed E-state index contributed by atoms with van der Waals surface area (Å²) >= 11 is 3.38. The molecule has 0 spiro atoms. The van der Waals surface area contributed by atoms with E-state index >= 15 is 0 Å². The topological polar surface area (TPSA) is 50.1 Å². The van der Waals surface area contributed by atoms with Gasteiger partial charge in [-0.05, 0) is 23.0 Å². The molecule has 0 saturated carbocycles. The summed E-state index contributed by atoms with van der Waals surface area (Å²) in [7, 11) is 1.88. The number of nitrogens with one attached hydrogen (secondary N) is 1. The SMILES string of the molecule is CNCc1c(Br)cnn1CCO. The zero-order valence-electron chi connectivity index (χ0n) is 6.92. The highest BCUT2D eigenvalue weighted by atomic mass is 79.9. The van der Waals surface area contributed by atoms with Gasteiger partial charge in [0, 0.05) is 6.54 Å². The normalized spacial score (nSPS) is 10.6. The summed E-state index contributed by atoms with van der Waals surface area (Å²) in [5.74, 6) is 0. The Morgan fingerprint density at radius 3 is 3.08 bits per heavy atom. The molecule has 0 amide bonds. The molecule has 12 heavy (non-hydrogen) atoms. The van der Waals surface area contributed by atoms with E-state index in [1.54, 1.807) is 10.9 Å². The molecule has 1 heterocycles. The van der Waals surface area contributed by atoms with Crippen LogP contribution in [0.4, 0.5) is 0 Å². The minimum absolute atomic E-state index is 0.116. The Morgan fingerprint density at radius 1 is 1.75 bits per heavy atom. The van der Waals surface area contributed by atoms with Crippen LogP contribution < -0.4 is 5.32 Å². The van der Waals surface area contributed by atoms with Crippen LogP contribution in [0, 0.1) is 0 Å². The van der Waals surface area contributed by atoms with Gasteiger partial charge in [0.2, 0.25) is 0 Å². The summed E-state index contributed by atoms with van der Waals surface area (Å²) in [6.45, 7) is 1.41. The van der Waals surface area contributed by atoms with E-state index in [9.17, 15) is 0 Å². The maximum absolute atomic E-state index is 8.73. The van der Waals surface area contributed by atoms with Gasteiger partial charge < -0.3 is 10.4 Å². The van der Waals surface area contributed by atoms with E-state index in [0.29, 0.717) is 6.54 Å². The number of hydrogen-bond donors (Lipinski definition) is 2. The molecule has 1 aromatic heterocycles. The highest BCUT2D eigenvalue weighted by Gasteiger charge is 2.06. The van der Waals surface area contributed by atoms with Gasteiger partial charge in [-0.15, -0.1) is 0 Å². The highest BCUT2D eigenvalue weighted by molar-refractivity contribution is 9.10. The second kappa shape index (κ2) is 4.59. The van der Waals surface area contributed by atoms with Crippen LogP contribution in [0.3, 0.4) is 0 Å². The Hall–Kier alpha value is -0.390. The van der Waals surface area contributed by atoms with Crippen LogP contribution in [0.15, 0.2) is 10.7 Å². The van der Waals surface area contributed by atoms with Crippen LogP contribution in [-0.2, 0) is 13.1 Å². The molecule has 0 radical (unpaired) electrons. The van der Waals surface area contributed by atoms with E-state index in [2.05, 4.69) is 26.3 Å². The van der Waals surface area contributed by atoms with Crippen LogP contribution in [0.2, 0.25) is 0 Å². The molecule has 0 aliphatic heterocycles. The minimum atomic E-state index is 0.116. The van der Waals surface area contributed by atoms with Crippen molar-refractivity contribution in [3.05, 3.63) is 16.4 Å². The number of hydrogen-bond acceptors (Lipinski definition) is 3. The lowest BCUT2D eigenvalue weighted by Gasteiger charge is -2.04. The number of aliphatic hydroxyl groups excluding tert-OH is 1. The van der Waals surface area contributed by atoms with E-state index in [0.717, 1.165) is 16.7 Å². The van der Waals surface area contributed by atoms with E-state index in [-0.39, 0.29) is 6.61 Å². The molecule has 1 rings (SSSR count). The van der Waals surface area contributed by atoms with Gasteiger partial charge in [0.15, 0.2) is 0 Å². The van der Waals surface area contributed by atoms with Crippen molar-refractivity contribution in [3.63, 3.8) is 0 Å². The van der Waals surface area contributed by atoms with E-state index in [4.69, 9.17) is 5.11 Å². The molecule has 0 bridgehead atoms. The molecular formula is C7H12BrN3O. The van der Waals surface area contributed by atoms with Gasteiger partial charge in [-0.25, -0.2) is 0 Å². The van der Waals surface area contributed by atoms with Gasteiger partial charge in [-0.1, -0.05) is 0 Å². The fourth-order valence-corrected chi connectivity index (χ4v) is 1.45. The Kier molecular flexibility index (Phi) is 3.71. The van der Waals surface area contributed by atoms with Crippen molar-refractivity contribution in [1.29, 1.82) is 0 Å². The second-order valence-corrected chi connectivity index (χ2v) is 3.27. The molecule has 0 saturated heterocycles. The zero-order chi connectivity index (χ0) is 8.97. The zero-order valence-corrected chi connectivity index (χ0v) is 8.50. The van der Waals surface area contributed by atoms with Crippen LogP contribution in [0.5, 0.6) is 0 Å². The Balaban J connectivity index is 2.80. The molecule has 0 atom stereocenters. The van der Waals surface area contributed by atoms with Gasteiger partial charge in [0.1, 0.15) is 0 Å². The lowest BCUT2D eigenvalue weighted by Crippen LogP contribution is -2.14. The average molecular weight is 234 g/mol. The van der Waals surface area contributed by atoms with Crippen molar-refractivity contribution in [2.24, 2.45) is 0 Å². The first-order valence-electron chi connectivity index (χ1n) is 3.75. The van der Waals surface area contributed by atoms with Gasteiger partial charge >= 0.3 is 0 Å². The molecule has 1 aromatic rings. The van der Waals surface area contributed by atoms with Crippen molar-refractivity contribution < 1.29 is 5.11 Å². The maximum atomic E-state index is 8.73. The molecule has 0 aliphatic rings. The summed E-state index contributed by atoms with van der Waals surface area (Å²) in [6, 6.07) is 0. The fourth-order valence-electron chi connectivity index (χ4n) is 1.02. The lowest BCUT2D eigenvalue weighted by molar-refractivity contribution is 0.267. The number of halogens is 1. The van der Waals surface area contributed by atoms with Crippen LogP contribution in [0.25, 0.3) is 0 Å². The molecule has 4 nitrogen and oxygen atoms in total. The summed E-state index contributed by atoms with van der Waals surface area (Å²) in [4.78, 5) is 0. The van der Waals surface area contributed by atoms with Crippen LogP contribution in [0.1, 0.15) is 5.69 Å². The maximum Gasteiger partial charge on any atom is 0.0665 e. The van der Waals surface area contributed by atoms with E-state index in [1.165, 1.54) is 0 Å². The molecule has 0 fully saturated rings. The third-order valence-electron chi connectivity index (χ3n) is 1.55. The second-order valence-electron chi connectivity index (χ2n) is 2.42. The van der Waals surface area contributed by atoms with Crippen molar-refractivity contribution in [3.8, 4) is 0 Å². The smallest absolute Gasteiger partial charge is 0.0665 e. The van der Waals surface area contributed by atoms with Gasteiger partial charge in [0.25, 0.3) is 0 Å². The summed E-state index contributed by atoms with van der Waals surface area (Å²) in [6.07, 6.45) is 1.74. The average Bonchev–Trinajstić information content (AvgIpc) is 2.37. The summed E-state index contributed by atoms with van der Waals surface area (Å²) in [5, 5.41) is 15.9. The monoisotopic (exact) mass is 233 g/mol. The van der Waals surface area contributed by atoms with Crippen LogP contribution in [-0.4, -0.2) is 28.5 Å². The summed E-state index contributed by atoms with van der Waals surface area (Å²) < 4.78 is 2.76. The fraction of sp³-hybridized carbons (Fsp3) is 0.571. The Bertz CT molecular complexity index is 249. The number of rotatable bonds is 4. The van der Waals surface area contributed by atoms with E-state index in [1.807, 2.05) is 7.05 Å². The standard InChI is InChI=1S/C7H12BrN3O/c1-9-5-7-6(8)4-10-11(7)2-3-12/h4,9,12H,2-3,5H2,1H3. The van der Waals surface area contributed by atoms with Crippen LogP contribution >= 0.6 is 15.9 Å². The van der Waals surface area contributed by atoms with Gasteiger partial charge in [0.05, 0.1) is 29.5 Å². The van der Waals surface area contributed by atoms with Crippen molar-refractivity contribution in [2.75, 3.05) is 13.7 Å². The number of aromatic nitrogens is 2. The molecule has 0 aromatic carbocycles. The number of aliphatic hydroxyl groups is 1. The first-order chi connectivity index (χ1) is 5.79. The minimum Gasteiger partial charge on any atom is -0.394 e. The Morgan fingerprint density at radius 2 is 2.50 bits per heavy atom. The molecule has 2 N–H and O–H groups in total. The van der Waals surface area contributed by atoms with Gasteiger partial charge in [-0.2, -0.15) is 5.10 Å². The van der Waals surface area contributed by atoms with Crippen molar-refractivity contribution >= 4 is 15.9 Å². The quantitative estimate of drug-likeness (QED) is 0.790. The third-order valence-corrected chi connectivity index (χ3v) is 2.22. The molecule has 68 valence electrons. The Labute approximate surface area is 79.7 Å². The summed E-state index contributed by atoms with van der Waals surface area (Å²) in [5.41, 5.74) is 1.06. The lowest BCUT2D eigenvalue weighted by atomic mass is 10.4. The highest BCUT2D eigenvalue weighted by Crippen LogP contribution is 2.15. The molecule has 5 heteroatoms. The predicted octanol–water partition coefficient (Wildman–Crippen LogP) is 0.357. The van der Waals surface area contributed by atoms with Crippen molar-refractivity contribution in [2.45, 2.75) is 13.1 Å². The first kappa shape index (κ1) is 9.70. The number of nitrogens with zero attached hydrogens (tertiary/aromatic N) is 2. The predicted molar refractivity (Wildman–Crippen MR) is 49.8 cm³/mol. The molecule has 0 unspecified atom stereocenters. The first-order valence-corrected chi connectivity index (χ1v) is 4.54. The largest absolute Gasteiger partial charge is 0.394 e. The van der Waals surface area contributed by atoms with Gasteiger partial charge in [-0.3, -0.25) is 4.68 Å².